The number of hydrogen-bond acceptors (Lipinski definition) is 5. The van der Waals surface area contributed by atoms with Crippen molar-refractivity contribution in [2.75, 3.05) is 11.4 Å². The molecule has 3 aromatic rings. The Morgan fingerprint density at radius 3 is 2.74 bits per heavy atom. The van der Waals surface area contributed by atoms with Crippen molar-refractivity contribution in [1.82, 2.24) is 25.1 Å². The highest BCUT2D eigenvalue weighted by Gasteiger charge is 2.21. The fraction of sp³-hybridized carbons (Fsp3) is 0.211. The van der Waals surface area contributed by atoms with Crippen LogP contribution in [0.4, 0.5) is 5.69 Å². The average molecular weight is 362 g/mol. The molecular weight excluding hydrogens is 344 g/mol. The van der Waals surface area contributed by atoms with Crippen LogP contribution in [0.25, 0.3) is 5.82 Å². The number of rotatable bonds is 5. The molecule has 0 atom stereocenters. The summed E-state index contributed by atoms with van der Waals surface area (Å²) in [5, 5.41) is 6.93. The first-order valence-corrected chi connectivity index (χ1v) is 8.70. The van der Waals surface area contributed by atoms with Crippen LogP contribution in [-0.4, -0.2) is 38.1 Å². The number of amides is 2. The average Bonchev–Trinajstić information content (AvgIpc) is 3.38. The summed E-state index contributed by atoms with van der Waals surface area (Å²) in [7, 11) is 0. The summed E-state index contributed by atoms with van der Waals surface area (Å²) < 4.78 is 1.46. The summed E-state index contributed by atoms with van der Waals surface area (Å²) in [6.07, 6.45) is 6.00. The molecule has 1 aromatic carbocycles. The van der Waals surface area contributed by atoms with Gasteiger partial charge in [-0.25, -0.2) is 14.6 Å². The standard InChI is InChI=1S/C19H18N6O2/c26-17-4-2-10-24(17)15-7-5-14(6-8-15)11-22-19(27)16-3-1-9-21-18(16)25-13-20-12-23-25/h1,3,5-9,12-13H,2,4,10-11H2,(H,22,27). The van der Waals surface area contributed by atoms with E-state index in [9.17, 15) is 9.59 Å². The zero-order chi connectivity index (χ0) is 18.6. The molecular formula is C19H18N6O2. The maximum atomic E-state index is 12.6. The van der Waals surface area contributed by atoms with Crippen molar-refractivity contribution >= 4 is 17.5 Å². The molecule has 8 nitrogen and oxygen atoms in total. The minimum Gasteiger partial charge on any atom is -0.348 e. The van der Waals surface area contributed by atoms with Gasteiger partial charge in [-0.05, 0) is 36.2 Å². The Morgan fingerprint density at radius 1 is 1.19 bits per heavy atom. The third-order valence-electron chi connectivity index (χ3n) is 4.44. The molecule has 0 bridgehead atoms. The van der Waals surface area contributed by atoms with Crippen molar-refractivity contribution in [1.29, 1.82) is 0 Å². The molecule has 136 valence electrons. The van der Waals surface area contributed by atoms with Gasteiger partial charge in [0.25, 0.3) is 5.91 Å². The molecule has 0 aliphatic carbocycles. The number of nitrogens with one attached hydrogen (secondary N) is 1. The minimum atomic E-state index is -0.243. The van der Waals surface area contributed by atoms with E-state index in [0.717, 1.165) is 24.2 Å². The molecule has 4 rings (SSSR count). The third kappa shape index (κ3) is 3.55. The van der Waals surface area contributed by atoms with E-state index in [1.54, 1.807) is 23.2 Å². The Balaban J connectivity index is 1.44. The van der Waals surface area contributed by atoms with Gasteiger partial charge >= 0.3 is 0 Å². The van der Waals surface area contributed by atoms with Gasteiger partial charge in [0.1, 0.15) is 12.7 Å². The monoisotopic (exact) mass is 362 g/mol. The number of hydrogen-bond donors (Lipinski definition) is 1. The van der Waals surface area contributed by atoms with E-state index in [2.05, 4.69) is 20.4 Å². The Bertz CT molecular complexity index is 953. The van der Waals surface area contributed by atoms with Crippen molar-refractivity contribution in [2.45, 2.75) is 19.4 Å². The van der Waals surface area contributed by atoms with Gasteiger partial charge in [-0.2, -0.15) is 5.10 Å². The van der Waals surface area contributed by atoms with Crippen LogP contribution in [0, 0.1) is 0 Å². The molecule has 1 fully saturated rings. The summed E-state index contributed by atoms with van der Waals surface area (Å²) in [6.45, 7) is 1.14. The fourth-order valence-corrected chi connectivity index (χ4v) is 3.07. The molecule has 1 saturated heterocycles. The Labute approximate surface area is 155 Å². The van der Waals surface area contributed by atoms with E-state index in [1.165, 1.54) is 17.3 Å². The molecule has 3 heterocycles. The SMILES string of the molecule is O=C(NCc1ccc(N2CCCC2=O)cc1)c1cccnc1-n1cncn1. The van der Waals surface area contributed by atoms with Gasteiger partial charge in [0, 0.05) is 31.4 Å². The first-order valence-electron chi connectivity index (χ1n) is 8.70. The normalized spacial score (nSPS) is 13.8. The second-order valence-corrected chi connectivity index (χ2v) is 6.21. The van der Waals surface area contributed by atoms with E-state index in [4.69, 9.17) is 0 Å². The number of benzene rings is 1. The Hall–Kier alpha value is -3.55. The van der Waals surface area contributed by atoms with E-state index in [1.807, 2.05) is 24.3 Å². The van der Waals surface area contributed by atoms with Crippen LogP contribution in [-0.2, 0) is 11.3 Å². The fourth-order valence-electron chi connectivity index (χ4n) is 3.07. The molecule has 0 spiro atoms. The van der Waals surface area contributed by atoms with E-state index < -0.39 is 0 Å². The van der Waals surface area contributed by atoms with Gasteiger partial charge in [0.2, 0.25) is 5.91 Å². The quantitative estimate of drug-likeness (QED) is 0.746. The maximum Gasteiger partial charge on any atom is 0.255 e. The molecule has 2 amide bonds. The molecule has 8 heteroatoms. The highest BCUT2D eigenvalue weighted by Crippen LogP contribution is 2.21. The highest BCUT2D eigenvalue weighted by molar-refractivity contribution is 5.97. The summed E-state index contributed by atoms with van der Waals surface area (Å²) in [4.78, 5) is 34.3. The lowest BCUT2D eigenvalue weighted by Crippen LogP contribution is -2.25. The largest absolute Gasteiger partial charge is 0.348 e. The van der Waals surface area contributed by atoms with E-state index in [0.29, 0.717) is 24.3 Å². The zero-order valence-corrected chi connectivity index (χ0v) is 14.6. The summed E-state index contributed by atoms with van der Waals surface area (Å²) >= 11 is 0. The lowest BCUT2D eigenvalue weighted by Gasteiger charge is -2.16. The maximum absolute atomic E-state index is 12.6. The van der Waals surface area contributed by atoms with Crippen molar-refractivity contribution in [3.05, 3.63) is 66.4 Å². The second kappa shape index (κ2) is 7.36. The number of aromatic nitrogens is 4. The van der Waals surface area contributed by atoms with Crippen molar-refractivity contribution in [2.24, 2.45) is 0 Å². The van der Waals surface area contributed by atoms with Crippen LogP contribution in [0.5, 0.6) is 0 Å². The molecule has 1 aliphatic rings. The second-order valence-electron chi connectivity index (χ2n) is 6.21. The van der Waals surface area contributed by atoms with Crippen LogP contribution < -0.4 is 10.2 Å². The van der Waals surface area contributed by atoms with Crippen LogP contribution in [0.1, 0.15) is 28.8 Å². The van der Waals surface area contributed by atoms with E-state index >= 15 is 0 Å². The molecule has 0 radical (unpaired) electrons. The van der Waals surface area contributed by atoms with Gasteiger partial charge in [-0.1, -0.05) is 12.1 Å². The highest BCUT2D eigenvalue weighted by atomic mass is 16.2. The smallest absolute Gasteiger partial charge is 0.255 e. The molecule has 27 heavy (non-hydrogen) atoms. The molecule has 1 aliphatic heterocycles. The molecule has 0 saturated carbocycles. The number of carbonyl (C=O) groups excluding carboxylic acids is 2. The topological polar surface area (TPSA) is 93.0 Å². The minimum absolute atomic E-state index is 0.160. The first-order chi connectivity index (χ1) is 13.2. The van der Waals surface area contributed by atoms with Gasteiger partial charge in [-0.15, -0.1) is 0 Å². The summed E-state index contributed by atoms with van der Waals surface area (Å²) in [5.74, 6) is 0.344. The van der Waals surface area contributed by atoms with Crippen LogP contribution >= 0.6 is 0 Å². The van der Waals surface area contributed by atoms with Crippen LogP contribution in [0.2, 0.25) is 0 Å². The number of anilines is 1. The van der Waals surface area contributed by atoms with Gasteiger partial charge in [-0.3, -0.25) is 9.59 Å². The molecule has 2 aromatic heterocycles. The lowest BCUT2D eigenvalue weighted by atomic mass is 10.2. The summed E-state index contributed by atoms with van der Waals surface area (Å²) in [5.41, 5.74) is 2.26. The predicted octanol–water partition coefficient (Wildman–Crippen LogP) is 1.72. The van der Waals surface area contributed by atoms with Crippen molar-refractivity contribution < 1.29 is 9.59 Å². The van der Waals surface area contributed by atoms with Gasteiger partial charge in [0.05, 0.1) is 5.56 Å². The predicted molar refractivity (Wildman–Crippen MR) is 98.4 cm³/mol. The number of pyridine rings is 1. The zero-order valence-electron chi connectivity index (χ0n) is 14.6. The van der Waals surface area contributed by atoms with Gasteiger partial charge < -0.3 is 10.2 Å². The third-order valence-corrected chi connectivity index (χ3v) is 4.44. The van der Waals surface area contributed by atoms with Gasteiger partial charge in [0.15, 0.2) is 5.82 Å². The van der Waals surface area contributed by atoms with Crippen molar-refractivity contribution in [3.63, 3.8) is 0 Å². The van der Waals surface area contributed by atoms with Crippen molar-refractivity contribution in [3.8, 4) is 5.82 Å². The molecule has 0 unspecified atom stereocenters. The Morgan fingerprint density at radius 2 is 2.04 bits per heavy atom. The van der Waals surface area contributed by atoms with Crippen LogP contribution in [0.15, 0.2) is 55.2 Å². The Kier molecular flexibility index (Phi) is 4.61. The van der Waals surface area contributed by atoms with Crippen LogP contribution in [0.3, 0.4) is 0 Å². The summed E-state index contributed by atoms with van der Waals surface area (Å²) in [6, 6.07) is 11.1. The molecule has 1 N–H and O–H groups in total. The van der Waals surface area contributed by atoms with E-state index in [-0.39, 0.29) is 11.8 Å². The lowest BCUT2D eigenvalue weighted by molar-refractivity contribution is -0.117. The first kappa shape index (κ1) is 16.9. The number of nitrogens with zero attached hydrogens (tertiary/aromatic N) is 5. The number of carbonyl (C=O) groups is 2.